The number of rotatable bonds is 5. The molecule has 0 saturated carbocycles. The lowest BCUT2D eigenvalue weighted by Gasteiger charge is -2.09. The lowest BCUT2D eigenvalue weighted by molar-refractivity contribution is 0.0981. The molecule has 2 aromatic carbocycles. The van der Waals surface area contributed by atoms with Crippen molar-refractivity contribution in [1.82, 2.24) is 25.1 Å². The molecular formula is C19H15FN6O3. The largest absolute Gasteiger partial charge is 0.495 e. The first-order valence-electron chi connectivity index (χ1n) is 8.52. The fourth-order valence-corrected chi connectivity index (χ4v) is 2.60. The van der Waals surface area contributed by atoms with E-state index in [0.29, 0.717) is 22.8 Å². The van der Waals surface area contributed by atoms with Crippen molar-refractivity contribution < 1.29 is 18.4 Å². The second-order valence-corrected chi connectivity index (χ2v) is 6.11. The van der Waals surface area contributed by atoms with Crippen molar-refractivity contribution in [2.75, 3.05) is 12.4 Å². The van der Waals surface area contributed by atoms with E-state index in [-0.39, 0.29) is 17.5 Å². The van der Waals surface area contributed by atoms with Crippen LogP contribution in [0.3, 0.4) is 0 Å². The van der Waals surface area contributed by atoms with E-state index in [4.69, 9.17) is 9.26 Å². The number of nitrogens with zero attached hydrogens (tertiary/aromatic N) is 5. The zero-order valence-corrected chi connectivity index (χ0v) is 15.5. The van der Waals surface area contributed by atoms with Crippen molar-refractivity contribution >= 4 is 11.6 Å². The van der Waals surface area contributed by atoms with E-state index in [1.165, 1.54) is 23.9 Å². The molecule has 9 nitrogen and oxygen atoms in total. The predicted molar refractivity (Wildman–Crippen MR) is 100 cm³/mol. The number of carbonyl (C=O) groups excluding carboxylic acids is 1. The molecular weight excluding hydrogens is 379 g/mol. The highest BCUT2D eigenvalue weighted by atomic mass is 19.1. The number of aromatic nitrogens is 5. The molecule has 0 aliphatic carbocycles. The molecule has 10 heteroatoms. The average molecular weight is 394 g/mol. The van der Waals surface area contributed by atoms with Crippen LogP contribution in [0, 0.1) is 12.7 Å². The van der Waals surface area contributed by atoms with Crippen molar-refractivity contribution in [3.8, 4) is 23.0 Å². The van der Waals surface area contributed by atoms with Crippen molar-refractivity contribution in [1.29, 1.82) is 0 Å². The van der Waals surface area contributed by atoms with E-state index in [1.54, 1.807) is 30.5 Å². The predicted octanol–water partition coefficient (Wildman–Crippen LogP) is 3.03. The molecule has 0 saturated heterocycles. The van der Waals surface area contributed by atoms with Crippen LogP contribution in [0.2, 0.25) is 0 Å². The molecule has 2 heterocycles. The summed E-state index contributed by atoms with van der Waals surface area (Å²) < 4.78 is 24.8. The maximum Gasteiger partial charge on any atom is 0.316 e. The van der Waals surface area contributed by atoms with Crippen molar-refractivity contribution in [2.45, 2.75) is 6.92 Å². The van der Waals surface area contributed by atoms with Gasteiger partial charge in [-0.3, -0.25) is 4.79 Å². The molecule has 4 aromatic rings. The quantitative estimate of drug-likeness (QED) is 0.554. The van der Waals surface area contributed by atoms with Crippen LogP contribution in [0.15, 0.2) is 53.2 Å². The molecule has 1 amide bonds. The van der Waals surface area contributed by atoms with Gasteiger partial charge in [0, 0.05) is 0 Å². The summed E-state index contributed by atoms with van der Waals surface area (Å²) >= 11 is 0. The third-order valence-corrected chi connectivity index (χ3v) is 4.04. The summed E-state index contributed by atoms with van der Waals surface area (Å²) in [6.45, 7) is 1.89. The number of hydrogen-bond donors (Lipinski definition) is 1. The minimum absolute atomic E-state index is 0.0970. The molecule has 0 radical (unpaired) electrons. The Balaban J connectivity index is 1.53. The SMILES string of the molecule is COc1ccc(C)cc1NC(=O)c1nc(-c2cn(-c3ccc(F)cc3)nn2)no1. The van der Waals surface area contributed by atoms with E-state index in [2.05, 4.69) is 25.8 Å². The third-order valence-electron chi connectivity index (χ3n) is 4.04. The van der Waals surface area contributed by atoms with Gasteiger partial charge in [0.15, 0.2) is 5.69 Å². The first-order chi connectivity index (χ1) is 14.0. The summed E-state index contributed by atoms with van der Waals surface area (Å²) in [6.07, 6.45) is 1.55. The molecule has 0 fully saturated rings. The average Bonchev–Trinajstić information content (AvgIpc) is 3.38. The smallest absolute Gasteiger partial charge is 0.316 e. The van der Waals surface area contributed by atoms with Gasteiger partial charge in [0.25, 0.3) is 0 Å². The second-order valence-electron chi connectivity index (χ2n) is 6.11. The Kier molecular flexibility index (Phi) is 4.73. The molecule has 0 aliphatic rings. The van der Waals surface area contributed by atoms with Gasteiger partial charge < -0.3 is 14.6 Å². The normalized spacial score (nSPS) is 10.7. The molecule has 1 N–H and O–H groups in total. The molecule has 0 bridgehead atoms. The topological polar surface area (TPSA) is 108 Å². The van der Waals surface area contributed by atoms with Gasteiger partial charge >= 0.3 is 11.8 Å². The number of carbonyl (C=O) groups is 1. The van der Waals surface area contributed by atoms with Crippen LogP contribution in [0.1, 0.15) is 16.2 Å². The zero-order chi connectivity index (χ0) is 20.4. The number of hydrogen-bond acceptors (Lipinski definition) is 7. The third kappa shape index (κ3) is 3.81. The van der Waals surface area contributed by atoms with Crippen LogP contribution in [0.4, 0.5) is 10.1 Å². The number of benzene rings is 2. The highest BCUT2D eigenvalue weighted by Crippen LogP contribution is 2.26. The second kappa shape index (κ2) is 7.50. The van der Waals surface area contributed by atoms with Crippen LogP contribution in [0.25, 0.3) is 17.2 Å². The lowest BCUT2D eigenvalue weighted by Crippen LogP contribution is -2.13. The van der Waals surface area contributed by atoms with Gasteiger partial charge in [-0.05, 0) is 48.9 Å². The van der Waals surface area contributed by atoms with Crippen molar-refractivity contribution in [3.05, 3.63) is 65.9 Å². The fourth-order valence-electron chi connectivity index (χ4n) is 2.60. The summed E-state index contributed by atoms with van der Waals surface area (Å²) in [6, 6.07) is 11.1. The summed E-state index contributed by atoms with van der Waals surface area (Å²) in [5.41, 5.74) is 2.34. The minimum atomic E-state index is -0.585. The Morgan fingerprint density at radius 3 is 2.76 bits per heavy atom. The van der Waals surface area contributed by atoms with E-state index in [9.17, 15) is 9.18 Å². The van der Waals surface area contributed by atoms with Crippen molar-refractivity contribution in [3.63, 3.8) is 0 Å². The number of methoxy groups -OCH3 is 1. The van der Waals surface area contributed by atoms with Crippen LogP contribution in [-0.2, 0) is 0 Å². The standard InChI is InChI=1S/C19H15FN6O3/c1-11-3-8-16(28-2)14(9-11)21-18(27)19-22-17(24-29-19)15-10-26(25-23-15)13-6-4-12(20)5-7-13/h3-10H,1-2H3,(H,21,27). The molecule has 0 aliphatic heterocycles. The summed E-state index contributed by atoms with van der Waals surface area (Å²) in [4.78, 5) is 16.5. The van der Waals surface area contributed by atoms with Crippen LogP contribution >= 0.6 is 0 Å². The summed E-state index contributed by atoms with van der Waals surface area (Å²) in [5.74, 6) is -0.572. The Hall–Kier alpha value is -4.08. The van der Waals surface area contributed by atoms with Crippen LogP contribution in [-0.4, -0.2) is 38.2 Å². The number of anilines is 1. The molecule has 29 heavy (non-hydrogen) atoms. The zero-order valence-electron chi connectivity index (χ0n) is 15.5. The van der Waals surface area contributed by atoms with Gasteiger partial charge in [0.2, 0.25) is 5.82 Å². The Morgan fingerprint density at radius 2 is 2.00 bits per heavy atom. The maximum atomic E-state index is 13.1. The molecule has 146 valence electrons. The number of aryl methyl sites for hydroxylation is 1. The van der Waals surface area contributed by atoms with E-state index >= 15 is 0 Å². The first kappa shape index (κ1) is 18.3. The van der Waals surface area contributed by atoms with Gasteiger partial charge in [-0.2, -0.15) is 4.98 Å². The Morgan fingerprint density at radius 1 is 1.21 bits per heavy atom. The monoisotopic (exact) mass is 394 g/mol. The van der Waals surface area contributed by atoms with E-state index < -0.39 is 5.91 Å². The highest BCUT2D eigenvalue weighted by molar-refractivity contribution is 6.02. The summed E-state index contributed by atoms with van der Waals surface area (Å²) in [7, 11) is 1.51. The van der Waals surface area contributed by atoms with Gasteiger partial charge in [0.1, 0.15) is 11.6 Å². The lowest BCUT2D eigenvalue weighted by atomic mass is 10.2. The van der Waals surface area contributed by atoms with Crippen LogP contribution < -0.4 is 10.1 Å². The molecule has 0 atom stereocenters. The van der Waals surface area contributed by atoms with Crippen LogP contribution in [0.5, 0.6) is 5.75 Å². The fraction of sp³-hybridized carbons (Fsp3) is 0.105. The minimum Gasteiger partial charge on any atom is -0.495 e. The molecule has 4 rings (SSSR count). The Bertz CT molecular complexity index is 1170. The Labute approximate surface area is 164 Å². The number of nitrogens with one attached hydrogen (secondary N) is 1. The van der Waals surface area contributed by atoms with Crippen molar-refractivity contribution in [2.24, 2.45) is 0 Å². The molecule has 0 spiro atoms. The van der Waals surface area contributed by atoms with Gasteiger partial charge in [0.05, 0.1) is 24.7 Å². The number of ether oxygens (including phenoxy) is 1. The molecule has 2 aromatic heterocycles. The maximum absolute atomic E-state index is 13.1. The first-order valence-corrected chi connectivity index (χ1v) is 8.52. The number of halogens is 1. The summed E-state index contributed by atoms with van der Waals surface area (Å²) in [5, 5.41) is 14.4. The van der Waals surface area contributed by atoms with Gasteiger partial charge in [-0.25, -0.2) is 9.07 Å². The van der Waals surface area contributed by atoms with E-state index in [0.717, 1.165) is 5.56 Å². The van der Waals surface area contributed by atoms with E-state index in [1.807, 2.05) is 13.0 Å². The van der Waals surface area contributed by atoms with Gasteiger partial charge in [-0.15, -0.1) is 5.10 Å². The molecule has 0 unspecified atom stereocenters. The van der Waals surface area contributed by atoms with Gasteiger partial charge in [-0.1, -0.05) is 16.4 Å². The highest BCUT2D eigenvalue weighted by Gasteiger charge is 2.19. The number of amides is 1.